The summed E-state index contributed by atoms with van der Waals surface area (Å²) in [6, 6.07) is 30.1. The lowest BCUT2D eigenvalue weighted by atomic mass is 9.97. The van der Waals surface area contributed by atoms with Gasteiger partial charge in [0.1, 0.15) is 29.2 Å². The molecule has 2 N–H and O–H groups in total. The number of hydrogen-bond donors (Lipinski definition) is 1. The first-order chi connectivity index (χ1) is 19.6. The summed E-state index contributed by atoms with van der Waals surface area (Å²) < 4.78 is 35.9. The Hall–Kier alpha value is -3.82. The van der Waals surface area contributed by atoms with Crippen LogP contribution in [0.3, 0.4) is 0 Å². The predicted octanol–water partition coefficient (Wildman–Crippen LogP) is 3.20. The predicted molar refractivity (Wildman–Crippen MR) is 160 cm³/mol. The van der Waals surface area contributed by atoms with Gasteiger partial charge in [0.15, 0.2) is 0 Å². The Kier molecular flexibility index (Phi) is 9.40. The maximum absolute atomic E-state index is 11.9. The van der Waals surface area contributed by atoms with Crippen LogP contribution in [0.5, 0.6) is 0 Å². The molecule has 3 aromatic carbocycles. The number of allylic oxidation sites excluding steroid dienone is 1. The zero-order chi connectivity index (χ0) is 29.6. The van der Waals surface area contributed by atoms with Gasteiger partial charge in [0.05, 0.1) is 18.4 Å². The zero-order valence-electron chi connectivity index (χ0n) is 22.7. The lowest BCUT2D eigenvalue weighted by Gasteiger charge is -2.28. The van der Waals surface area contributed by atoms with Gasteiger partial charge < -0.3 is 15.2 Å². The van der Waals surface area contributed by atoms with Crippen LogP contribution >= 0.6 is 7.26 Å². The summed E-state index contributed by atoms with van der Waals surface area (Å²) >= 11 is 0. The van der Waals surface area contributed by atoms with Crippen molar-refractivity contribution in [2.45, 2.75) is 32.4 Å². The van der Waals surface area contributed by atoms with Crippen LogP contribution in [0.4, 0.5) is 4.79 Å². The number of benzene rings is 3. The quantitative estimate of drug-likeness (QED) is 0.185. The second kappa shape index (κ2) is 12.8. The van der Waals surface area contributed by atoms with Crippen LogP contribution < -0.4 is 21.6 Å². The molecule has 2 aliphatic rings. The van der Waals surface area contributed by atoms with Gasteiger partial charge >= 0.3 is 6.03 Å². The number of primary amides is 1. The van der Waals surface area contributed by atoms with E-state index in [4.69, 9.17) is 5.73 Å². The normalized spacial score (nSPS) is 18.6. The SMILES string of the molecule is C/C=C/[P+](c1ccccc1)(c1ccccc1)c1ccccc1.CCC1=C[C@@H]2CN(C(=O)N2OS(=O)(=O)[O-])[C@@H]1C(N)=O. The average molecular weight is 594 g/mol. The molecule has 0 radical (unpaired) electrons. The Morgan fingerprint density at radius 2 is 1.44 bits per heavy atom. The molecule has 3 aromatic rings. The Bertz CT molecular complexity index is 1440. The van der Waals surface area contributed by atoms with E-state index in [1.54, 1.807) is 6.92 Å². The molecule has 214 valence electrons. The molecular formula is C30H32N3O6PS. The molecule has 9 nitrogen and oxygen atoms in total. The van der Waals surface area contributed by atoms with Crippen LogP contribution in [0.15, 0.2) is 115 Å². The van der Waals surface area contributed by atoms with Crippen LogP contribution in [0.25, 0.3) is 0 Å². The van der Waals surface area contributed by atoms with Gasteiger partial charge in [0, 0.05) is 0 Å². The largest absolute Gasteiger partial charge is 0.724 e. The third-order valence-electron chi connectivity index (χ3n) is 6.90. The van der Waals surface area contributed by atoms with E-state index in [0.29, 0.717) is 17.1 Å². The highest BCUT2D eigenvalue weighted by molar-refractivity contribution is 7.98. The number of amides is 3. The minimum atomic E-state index is -5.06. The number of urea groups is 1. The van der Waals surface area contributed by atoms with Gasteiger partial charge in [-0.2, -0.15) is 9.35 Å². The fourth-order valence-electron chi connectivity index (χ4n) is 5.25. The molecule has 0 saturated carbocycles. The Morgan fingerprint density at radius 3 is 1.80 bits per heavy atom. The molecule has 3 amide bonds. The monoisotopic (exact) mass is 593 g/mol. The topological polar surface area (TPSA) is 133 Å². The average Bonchev–Trinajstić information content (AvgIpc) is 3.20. The number of nitrogens with two attached hydrogens (primary N) is 1. The molecule has 1 saturated heterocycles. The van der Waals surface area contributed by atoms with Gasteiger partial charge in [-0.15, -0.1) is 0 Å². The van der Waals surface area contributed by atoms with Crippen molar-refractivity contribution in [3.05, 3.63) is 115 Å². The van der Waals surface area contributed by atoms with Gasteiger partial charge in [0.25, 0.3) is 0 Å². The molecule has 5 rings (SSSR count). The fourth-order valence-corrected chi connectivity index (χ4v) is 9.40. The van der Waals surface area contributed by atoms with E-state index in [1.165, 1.54) is 22.0 Å². The van der Waals surface area contributed by atoms with Gasteiger partial charge in [-0.05, 0) is 55.3 Å². The Balaban J connectivity index is 0.000000191. The van der Waals surface area contributed by atoms with E-state index in [-0.39, 0.29) is 6.54 Å². The summed E-state index contributed by atoms with van der Waals surface area (Å²) in [6.45, 7) is 3.93. The molecule has 41 heavy (non-hydrogen) atoms. The van der Waals surface area contributed by atoms with Gasteiger partial charge in [-0.1, -0.05) is 73.7 Å². The number of carbonyl (C=O) groups excluding carboxylic acids is 2. The van der Waals surface area contributed by atoms with Crippen molar-refractivity contribution in [1.82, 2.24) is 9.96 Å². The molecule has 0 aromatic heterocycles. The Morgan fingerprint density at radius 1 is 0.976 bits per heavy atom. The van der Waals surface area contributed by atoms with Crippen LogP contribution in [-0.4, -0.2) is 53.5 Å². The van der Waals surface area contributed by atoms with Crippen molar-refractivity contribution >= 4 is 45.5 Å². The van der Waals surface area contributed by atoms with Crippen molar-refractivity contribution in [3.63, 3.8) is 0 Å². The number of carbonyl (C=O) groups is 2. The van der Waals surface area contributed by atoms with Gasteiger partial charge in [-0.25, -0.2) is 13.2 Å². The molecule has 2 atom stereocenters. The summed E-state index contributed by atoms with van der Waals surface area (Å²) in [5.41, 5.74) is 5.83. The highest BCUT2D eigenvalue weighted by Crippen LogP contribution is 2.56. The highest BCUT2D eigenvalue weighted by Gasteiger charge is 2.48. The summed E-state index contributed by atoms with van der Waals surface area (Å²) in [6.07, 6.45) is 4.19. The van der Waals surface area contributed by atoms with E-state index in [9.17, 15) is 22.6 Å². The summed E-state index contributed by atoms with van der Waals surface area (Å²) in [7, 11) is -6.79. The first-order valence-electron chi connectivity index (χ1n) is 13.1. The van der Waals surface area contributed by atoms with Gasteiger partial charge in [0.2, 0.25) is 16.3 Å². The standard InChI is InChI=1S/C21H20P.C9H13N3O6S/c1-2-18-22(19-12-6-3-7-13-19,20-14-8-4-9-15-20)21-16-10-5-11-17-21;1-2-5-3-6-4-11(7(5)8(10)13)9(14)12(6)18-19(15,16)17/h2-18H,1H3;3,6-7H,2,4H2,1H3,(H2,10,13)(H,15,16,17)/q+1;/p-1/b18-2+;/t;6-,7+/m.1/s1. The van der Waals surface area contributed by atoms with Crippen molar-refractivity contribution in [2.75, 3.05) is 6.54 Å². The first kappa shape index (κ1) is 30.1. The maximum atomic E-state index is 11.9. The van der Waals surface area contributed by atoms with Crippen LogP contribution in [0.1, 0.15) is 20.3 Å². The molecule has 2 heterocycles. The van der Waals surface area contributed by atoms with Crippen molar-refractivity contribution in [2.24, 2.45) is 5.73 Å². The maximum Gasteiger partial charge on any atom is 0.346 e. The van der Waals surface area contributed by atoms with Crippen LogP contribution in [-0.2, 0) is 19.5 Å². The third kappa shape index (κ3) is 6.41. The van der Waals surface area contributed by atoms with Crippen molar-refractivity contribution in [1.29, 1.82) is 0 Å². The molecule has 2 aliphatic heterocycles. The third-order valence-corrected chi connectivity index (χ3v) is 11.3. The summed E-state index contributed by atoms with van der Waals surface area (Å²) in [5, 5.41) is 4.64. The van der Waals surface area contributed by atoms with E-state index in [2.05, 4.69) is 114 Å². The molecule has 0 spiro atoms. The van der Waals surface area contributed by atoms with Crippen LogP contribution in [0.2, 0.25) is 0 Å². The molecule has 0 unspecified atom stereocenters. The Labute approximate surface area is 241 Å². The lowest BCUT2D eigenvalue weighted by molar-refractivity contribution is -0.121. The molecule has 1 fully saturated rings. The molecule has 11 heteroatoms. The number of hydrogen-bond acceptors (Lipinski definition) is 6. The minimum absolute atomic E-state index is 0.0471. The van der Waals surface area contributed by atoms with E-state index in [1.807, 2.05) is 0 Å². The van der Waals surface area contributed by atoms with E-state index >= 15 is 0 Å². The van der Waals surface area contributed by atoms with Crippen molar-refractivity contribution in [3.8, 4) is 0 Å². The lowest BCUT2D eigenvalue weighted by Crippen LogP contribution is -2.48. The number of hydroxylamine groups is 2. The van der Waals surface area contributed by atoms with Gasteiger partial charge in [-0.3, -0.25) is 4.79 Å². The zero-order valence-corrected chi connectivity index (χ0v) is 24.4. The van der Waals surface area contributed by atoms with Crippen molar-refractivity contribution < 1.29 is 26.8 Å². The fraction of sp³-hybridized carbons (Fsp3) is 0.200. The second-order valence-electron chi connectivity index (χ2n) is 9.42. The van der Waals surface area contributed by atoms with E-state index < -0.39 is 41.7 Å². The number of nitrogens with zero attached hydrogens (tertiary/aromatic N) is 2. The first-order valence-corrected chi connectivity index (χ1v) is 16.3. The summed E-state index contributed by atoms with van der Waals surface area (Å²) in [4.78, 5) is 24.4. The van der Waals surface area contributed by atoms with E-state index in [0.717, 1.165) is 4.90 Å². The summed E-state index contributed by atoms with van der Waals surface area (Å²) in [5.74, 6) is 1.69. The smallest absolute Gasteiger partial charge is 0.346 e. The minimum Gasteiger partial charge on any atom is -0.724 e. The number of fused-ring (bicyclic) bond motifs is 2. The van der Waals surface area contributed by atoms with Crippen LogP contribution in [0, 0.1) is 0 Å². The number of rotatable bonds is 8. The molecular weight excluding hydrogens is 561 g/mol. The molecule has 0 aliphatic carbocycles. The second-order valence-corrected chi connectivity index (χ2v) is 13.7. The molecule has 2 bridgehead atoms. The highest BCUT2D eigenvalue weighted by atomic mass is 32.3.